The number of carboxylic acid groups (broad SMARTS) is 1. The first kappa shape index (κ1) is 15.2. The predicted molar refractivity (Wildman–Crippen MR) is 70.6 cm³/mol. The number of nitrogens with zero attached hydrogens (tertiary/aromatic N) is 2. The third-order valence-electron chi connectivity index (χ3n) is 2.72. The highest BCUT2D eigenvalue weighted by atomic mass is 16.5. The van der Waals surface area contributed by atoms with Crippen molar-refractivity contribution in [2.75, 3.05) is 26.8 Å². The Hall–Kier alpha value is -1.90. The van der Waals surface area contributed by atoms with E-state index in [9.17, 15) is 4.79 Å². The molecule has 0 aliphatic heterocycles. The van der Waals surface area contributed by atoms with Crippen LogP contribution in [-0.4, -0.2) is 42.8 Å². The smallest absolute Gasteiger partial charge is 0.304 e. The molecule has 102 valence electrons. The second-order valence-corrected chi connectivity index (χ2v) is 4.22. The number of hydrogen-bond acceptors (Lipinski definition) is 4. The lowest BCUT2D eigenvalue weighted by Gasteiger charge is -2.21. The van der Waals surface area contributed by atoms with Crippen molar-refractivity contribution in [2.45, 2.75) is 13.0 Å². The van der Waals surface area contributed by atoms with Gasteiger partial charge in [-0.15, -0.1) is 0 Å². The van der Waals surface area contributed by atoms with E-state index in [-0.39, 0.29) is 6.42 Å². The molecule has 5 nitrogen and oxygen atoms in total. The molecule has 1 aromatic carbocycles. The fourth-order valence-corrected chi connectivity index (χ4v) is 1.74. The van der Waals surface area contributed by atoms with Gasteiger partial charge in [-0.2, -0.15) is 5.26 Å². The molecule has 0 atom stereocenters. The molecule has 0 unspecified atom stereocenters. The molecule has 1 N–H and O–H groups in total. The summed E-state index contributed by atoms with van der Waals surface area (Å²) in [6.45, 7) is 2.31. The summed E-state index contributed by atoms with van der Waals surface area (Å²) in [6.07, 6.45) is 0.0989. The Morgan fingerprint density at radius 2 is 2.26 bits per heavy atom. The van der Waals surface area contributed by atoms with Gasteiger partial charge < -0.3 is 9.84 Å². The lowest BCUT2D eigenvalue weighted by Crippen LogP contribution is -2.29. The van der Waals surface area contributed by atoms with Crippen molar-refractivity contribution in [3.63, 3.8) is 0 Å². The second kappa shape index (κ2) is 8.25. The van der Waals surface area contributed by atoms with E-state index in [2.05, 4.69) is 6.07 Å². The summed E-state index contributed by atoms with van der Waals surface area (Å²) in [7, 11) is 1.62. The van der Waals surface area contributed by atoms with E-state index in [1.54, 1.807) is 13.2 Å². The molecule has 0 aromatic heterocycles. The topological polar surface area (TPSA) is 73.6 Å². The SMILES string of the molecule is COCCN(CCC(=O)O)Cc1cccc(C#N)c1. The molecule has 0 saturated carbocycles. The first-order chi connectivity index (χ1) is 9.15. The van der Waals surface area contributed by atoms with Gasteiger partial charge in [0.25, 0.3) is 0 Å². The van der Waals surface area contributed by atoms with E-state index in [1.165, 1.54) is 0 Å². The average Bonchev–Trinajstić information content (AvgIpc) is 2.42. The number of hydrogen-bond donors (Lipinski definition) is 1. The number of ether oxygens (including phenoxy) is 1. The molecule has 0 fully saturated rings. The molecule has 1 aromatic rings. The van der Waals surface area contributed by atoms with Crippen LogP contribution in [0.5, 0.6) is 0 Å². The van der Waals surface area contributed by atoms with Crippen LogP contribution in [0.3, 0.4) is 0 Å². The highest BCUT2D eigenvalue weighted by Crippen LogP contribution is 2.08. The van der Waals surface area contributed by atoms with Crippen molar-refractivity contribution >= 4 is 5.97 Å². The van der Waals surface area contributed by atoms with Crippen LogP contribution >= 0.6 is 0 Å². The Morgan fingerprint density at radius 1 is 1.47 bits per heavy atom. The zero-order chi connectivity index (χ0) is 14.1. The number of aliphatic carboxylic acids is 1. The Labute approximate surface area is 113 Å². The first-order valence-electron chi connectivity index (χ1n) is 6.08. The molecular formula is C14H18N2O3. The Balaban J connectivity index is 2.63. The molecular weight excluding hydrogens is 244 g/mol. The van der Waals surface area contributed by atoms with Crippen molar-refractivity contribution in [1.82, 2.24) is 4.90 Å². The van der Waals surface area contributed by atoms with E-state index in [1.807, 2.05) is 23.1 Å². The molecule has 5 heteroatoms. The van der Waals surface area contributed by atoms with E-state index < -0.39 is 5.97 Å². The van der Waals surface area contributed by atoms with Crippen LogP contribution in [0.4, 0.5) is 0 Å². The Kier molecular flexibility index (Phi) is 6.58. The number of carbonyl (C=O) groups is 1. The van der Waals surface area contributed by atoms with Gasteiger partial charge in [0, 0.05) is 26.7 Å². The molecule has 0 amide bonds. The van der Waals surface area contributed by atoms with Gasteiger partial charge in [-0.05, 0) is 17.7 Å². The molecule has 0 radical (unpaired) electrons. The van der Waals surface area contributed by atoms with Crippen LogP contribution in [0.25, 0.3) is 0 Å². The summed E-state index contributed by atoms with van der Waals surface area (Å²) in [5.74, 6) is -0.812. The molecule has 1 rings (SSSR count). The van der Waals surface area contributed by atoms with Gasteiger partial charge in [0.2, 0.25) is 0 Å². The van der Waals surface area contributed by atoms with Crippen LogP contribution in [0, 0.1) is 11.3 Å². The van der Waals surface area contributed by atoms with Gasteiger partial charge in [0.05, 0.1) is 24.7 Å². The van der Waals surface area contributed by atoms with Gasteiger partial charge in [-0.25, -0.2) is 0 Å². The zero-order valence-electron chi connectivity index (χ0n) is 11.0. The van der Waals surface area contributed by atoms with Gasteiger partial charge in [-0.3, -0.25) is 9.69 Å². The van der Waals surface area contributed by atoms with Crippen molar-refractivity contribution in [2.24, 2.45) is 0 Å². The molecule has 0 heterocycles. The maximum Gasteiger partial charge on any atom is 0.304 e. The summed E-state index contributed by atoms with van der Waals surface area (Å²) in [5, 5.41) is 17.6. The summed E-state index contributed by atoms with van der Waals surface area (Å²) < 4.78 is 5.02. The Morgan fingerprint density at radius 3 is 2.89 bits per heavy atom. The first-order valence-corrected chi connectivity index (χ1v) is 6.08. The van der Waals surface area contributed by atoms with Crippen LogP contribution in [0.1, 0.15) is 17.5 Å². The van der Waals surface area contributed by atoms with Gasteiger partial charge in [0.1, 0.15) is 0 Å². The number of methoxy groups -OCH3 is 1. The number of benzene rings is 1. The third-order valence-corrected chi connectivity index (χ3v) is 2.72. The van der Waals surface area contributed by atoms with Crippen LogP contribution in [0.2, 0.25) is 0 Å². The van der Waals surface area contributed by atoms with Gasteiger partial charge in [-0.1, -0.05) is 12.1 Å². The van der Waals surface area contributed by atoms with Crippen molar-refractivity contribution < 1.29 is 14.6 Å². The van der Waals surface area contributed by atoms with Gasteiger partial charge >= 0.3 is 5.97 Å². The summed E-state index contributed by atoms with van der Waals surface area (Å²) in [6, 6.07) is 9.43. The molecule has 0 saturated heterocycles. The number of carboxylic acids is 1. The normalized spacial score (nSPS) is 10.4. The largest absolute Gasteiger partial charge is 0.481 e. The summed E-state index contributed by atoms with van der Waals surface area (Å²) in [4.78, 5) is 12.6. The van der Waals surface area contributed by atoms with Crippen LogP contribution in [0.15, 0.2) is 24.3 Å². The van der Waals surface area contributed by atoms with E-state index in [0.29, 0.717) is 31.8 Å². The molecule has 0 bridgehead atoms. The highest BCUT2D eigenvalue weighted by Gasteiger charge is 2.08. The molecule has 0 aliphatic rings. The number of rotatable bonds is 8. The van der Waals surface area contributed by atoms with Crippen molar-refractivity contribution in [3.8, 4) is 6.07 Å². The fourth-order valence-electron chi connectivity index (χ4n) is 1.74. The second-order valence-electron chi connectivity index (χ2n) is 4.22. The lowest BCUT2D eigenvalue weighted by atomic mass is 10.1. The highest BCUT2D eigenvalue weighted by molar-refractivity contribution is 5.66. The monoisotopic (exact) mass is 262 g/mol. The minimum Gasteiger partial charge on any atom is -0.481 e. The maximum atomic E-state index is 10.6. The van der Waals surface area contributed by atoms with Crippen molar-refractivity contribution in [1.29, 1.82) is 5.26 Å². The van der Waals surface area contributed by atoms with E-state index >= 15 is 0 Å². The quantitative estimate of drug-likeness (QED) is 0.768. The standard InChI is InChI=1S/C14H18N2O3/c1-19-8-7-16(6-5-14(17)18)11-13-4-2-3-12(9-13)10-15/h2-4,9H,5-8,11H2,1H3,(H,17,18). The van der Waals surface area contributed by atoms with E-state index in [4.69, 9.17) is 15.1 Å². The third kappa shape index (κ3) is 6.00. The van der Waals surface area contributed by atoms with E-state index in [0.717, 1.165) is 5.56 Å². The molecule has 0 spiro atoms. The average molecular weight is 262 g/mol. The molecule has 19 heavy (non-hydrogen) atoms. The Bertz CT molecular complexity index is 454. The summed E-state index contributed by atoms with van der Waals surface area (Å²) >= 11 is 0. The van der Waals surface area contributed by atoms with Crippen molar-refractivity contribution in [3.05, 3.63) is 35.4 Å². The minimum atomic E-state index is -0.812. The maximum absolute atomic E-state index is 10.6. The zero-order valence-corrected chi connectivity index (χ0v) is 11.0. The minimum absolute atomic E-state index is 0.0989. The van der Waals surface area contributed by atoms with Crippen LogP contribution < -0.4 is 0 Å². The summed E-state index contributed by atoms with van der Waals surface area (Å²) in [5.41, 5.74) is 1.61. The van der Waals surface area contributed by atoms with Crippen LogP contribution in [-0.2, 0) is 16.1 Å². The number of nitriles is 1. The predicted octanol–water partition coefficient (Wildman–Crippen LogP) is 1.48. The lowest BCUT2D eigenvalue weighted by molar-refractivity contribution is -0.137. The van der Waals surface area contributed by atoms with Gasteiger partial charge in [0.15, 0.2) is 0 Å². The fraction of sp³-hybridized carbons (Fsp3) is 0.429. The molecule has 0 aliphatic carbocycles.